The van der Waals surface area contributed by atoms with Gasteiger partial charge in [0.1, 0.15) is 0 Å². The average molecular weight is 307 g/mol. The molecule has 0 fully saturated rings. The van der Waals surface area contributed by atoms with E-state index in [0.29, 0.717) is 0 Å². The van der Waals surface area contributed by atoms with Crippen LogP contribution >= 0.6 is 0 Å². The highest BCUT2D eigenvalue weighted by atomic mass is 14.7. The Morgan fingerprint density at radius 3 is 1.54 bits per heavy atom. The van der Waals surface area contributed by atoms with Crippen molar-refractivity contribution in [2.24, 2.45) is 0 Å². The summed E-state index contributed by atoms with van der Waals surface area (Å²) in [6, 6.07) is 33.6. The third kappa shape index (κ3) is 2.97. The van der Waals surface area contributed by atoms with E-state index in [4.69, 9.17) is 0 Å². The zero-order valence-corrected chi connectivity index (χ0v) is 13.3. The summed E-state index contributed by atoms with van der Waals surface area (Å²) in [5.74, 6) is 0. The van der Waals surface area contributed by atoms with E-state index in [1.165, 1.54) is 22.3 Å². The zero-order valence-electron chi connectivity index (χ0n) is 13.3. The van der Waals surface area contributed by atoms with E-state index in [2.05, 4.69) is 77.8 Å². The fourth-order valence-corrected chi connectivity index (χ4v) is 2.86. The van der Waals surface area contributed by atoms with E-state index >= 15 is 0 Å². The van der Waals surface area contributed by atoms with Gasteiger partial charge in [0.2, 0.25) is 0 Å². The van der Waals surface area contributed by atoms with Gasteiger partial charge in [-0.2, -0.15) is 0 Å². The van der Waals surface area contributed by atoms with Crippen molar-refractivity contribution in [1.29, 1.82) is 0 Å². The predicted molar refractivity (Wildman–Crippen MR) is 101 cm³/mol. The number of hydrogen-bond acceptors (Lipinski definition) is 1. The molecule has 1 aromatic heterocycles. The standard InChI is InChI=1S/C23H17N/c1-3-7-18(8-4-1)19-11-13-20(14-12-19)22-15-16-24-23(17-22)21-9-5-2-6-10-21/h1-17H. The van der Waals surface area contributed by atoms with Crippen LogP contribution in [0.5, 0.6) is 0 Å². The Hall–Kier alpha value is -3.19. The van der Waals surface area contributed by atoms with E-state index in [1.807, 2.05) is 30.5 Å². The first-order chi connectivity index (χ1) is 11.9. The van der Waals surface area contributed by atoms with Gasteiger partial charge < -0.3 is 0 Å². The molecule has 0 unspecified atom stereocenters. The topological polar surface area (TPSA) is 12.9 Å². The largest absolute Gasteiger partial charge is 0.256 e. The lowest BCUT2D eigenvalue weighted by atomic mass is 10.00. The van der Waals surface area contributed by atoms with E-state index in [1.54, 1.807) is 0 Å². The summed E-state index contributed by atoms with van der Waals surface area (Å²) in [5, 5.41) is 0. The summed E-state index contributed by atoms with van der Waals surface area (Å²) in [5.41, 5.74) is 7.00. The van der Waals surface area contributed by atoms with Crippen LogP contribution in [0.4, 0.5) is 0 Å². The fraction of sp³-hybridized carbons (Fsp3) is 0. The van der Waals surface area contributed by atoms with Crippen LogP contribution < -0.4 is 0 Å². The Morgan fingerprint density at radius 1 is 0.417 bits per heavy atom. The minimum absolute atomic E-state index is 1.00. The minimum Gasteiger partial charge on any atom is -0.256 e. The summed E-state index contributed by atoms with van der Waals surface area (Å²) < 4.78 is 0. The first-order valence-electron chi connectivity index (χ1n) is 8.07. The van der Waals surface area contributed by atoms with Gasteiger partial charge in [-0.05, 0) is 34.4 Å². The van der Waals surface area contributed by atoms with Gasteiger partial charge in [0, 0.05) is 11.8 Å². The second kappa shape index (κ2) is 6.51. The lowest BCUT2D eigenvalue weighted by Gasteiger charge is -2.07. The maximum atomic E-state index is 4.50. The summed E-state index contributed by atoms with van der Waals surface area (Å²) in [4.78, 5) is 4.50. The van der Waals surface area contributed by atoms with Crippen LogP contribution in [0.2, 0.25) is 0 Å². The monoisotopic (exact) mass is 307 g/mol. The highest BCUT2D eigenvalue weighted by molar-refractivity contribution is 5.73. The van der Waals surface area contributed by atoms with E-state index < -0.39 is 0 Å². The van der Waals surface area contributed by atoms with Crippen LogP contribution in [-0.4, -0.2) is 4.98 Å². The van der Waals surface area contributed by atoms with Gasteiger partial charge in [-0.1, -0.05) is 84.9 Å². The maximum Gasteiger partial charge on any atom is 0.0708 e. The molecule has 0 N–H and O–H groups in total. The van der Waals surface area contributed by atoms with Crippen molar-refractivity contribution in [1.82, 2.24) is 4.98 Å². The molecule has 24 heavy (non-hydrogen) atoms. The van der Waals surface area contributed by atoms with Crippen LogP contribution in [-0.2, 0) is 0 Å². The van der Waals surface area contributed by atoms with Crippen molar-refractivity contribution >= 4 is 0 Å². The van der Waals surface area contributed by atoms with Gasteiger partial charge in [0.25, 0.3) is 0 Å². The molecule has 0 aliphatic heterocycles. The second-order valence-corrected chi connectivity index (χ2v) is 5.74. The minimum atomic E-state index is 1.00. The Balaban J connectivity index is 1.67. The Bertz CT molecular complexity index is 926. The molecule has 4 rings (SSSR count). The van der Waals surface area contributed by atoms with E-state index in [-0.39, 0.29) is 0 Å². The molecule has 0 bridgehead atoms. The number of pyridine rings is 1. The molecular weight excluding hydrogens is 290 g/mol. The third-order valence-corrected chi connectivity index (χ3v) is 4.15. The number of nitrogens with zero attached hydrogens (tertiary/aromatic N) is 1. The van der Waals surface area contributed by atoms with Crippen molar-refractivity contribution in [2.45, 2.75) is 0 Å². The summed E-state index contributed by atoms with van der Waals surface area (Å²) >= 11 is 0. The molecule has 3 aromatic carbocycles. The normalized spacial score (nSPS) is 10.5. The Kier molecular flexibility index (Phi) is 3.91. The van der Waals surface area contributed by atoms with Crippen molar-refractivity contribution < 1.29 is 0 Å². The predicted octanol–water partition coefficient (Wildman–Crippen LogP) is 6.08. The molecule has 0 saturated heterocycles. The molecule has 4 aromatic rings. The molecule has 1 heterocycles. The molecule has 0 aliphatic carbocycles. The lowest BCUT2D eigenvalue weighted by molar-refractivity contribution is 1.33. The summed E-state index contributed by atoms with van der Waals surface area (Å²) in [6.07, 6.45) is 1.88. The summed E-state index contributed by atoms with van der Waals surface area (Å²) in [6.45, 7) is 0. The highest BCUT2D eigenvalue weighted by Gasteiger charge is 2.03. The van der Waals surface area contributed by atoms with Crippen molar-refractivity contribution in [3.05, 3.63) is 103 Å². The van der Waals surface area contributed by atoms with Gasteiger partial charge in [-0.15, -0.1) is 0 Å². The van der Waals surface area contributed by atoms with Gasteiger partial charge >= 0.3 is 0 Å². The first kappa shape index (κ1) is 14.4. The van der Waals surface area contributed by atoms with Crippen molar-refractivity contribution in [2.75, 3.05) is 0 Å². The van der Waals surface area contributed by atoms with Crippen LogP contribution in [0.3, 0.4) is 0 Å². The Labute approximate surface area is 142 Å². The zero-order chi connectivity index (χ0) is 16.2. The number of benzene rings is 3. The highest BCUT2D eigenvalue weighted by Crippen LogP contribution is 2.27. The van der Waals surface area contributed by atoms with E-state index in [0.717, 1.165) is 11.3 Å². The van der Waals surface area contributed by atoms with Gasteiger partial charge in [-0.25, -0.2) is 0 Å². The fourth-order valence-electron chi connectivity index (χ4n) is 2.86. The van der Waals surface area contributed by atoms with Crippen molar-refractivity contribution in [3.8, 4) is 33.5 Å². The van der Waals surface area contributed by atoms with Crippen LogP contribution in [0.1, 0.15) is 0 Å². The Morgan fingerprint density at radius 2 is 0.917 bits per heavy atom. The molecule has 0 amide bonds. The van der Waals surface area contributed by atoms with Gasteiger partial charge in [0.15, 0.2) is 0 Å². The molecule has 1 nitrogen and oxygen atoms in total. The van der Waals surface area contributed by atoms with E-state index in [9.17, 15) is 0 Å². The molecule has 0 spiro atoms. The van der Waals surface area contributed by atoms with Crippen LogP contribution in [0.25, 0.3) is 33.5 Å². The van der Waals surface area contributed by atoms with Crippen molar-refractivity contribution in [3.63, 3.8) is 0 Å². The molecule has 1 heteroatoms. The molecule has 0 atom stereocenters. The SMILES string of the molecule is c1ccc(-c2ccc(-c3ccnc(-c4ccccc4)c3)cc2)cc1. The quantitative estimate of drug-likeness (QED) is 0.447. The van der Waals surface area contributed by atoms with Crippen LogP contribution in [0.15, 0.2) is 103 Å². The average Bonchev–Trinajstić information content (AvgIpc) is 2.70. The molecule has 0 saturated carbocycles. The first-order valence-corrected chi connectivity index (χ1v) is 8.07. The molecule has 0 aliphatic rings. The molecular formula is C23H17N. The lowest BCUT2D eigenvalue weighted by Crippen LogP contribution is -1.85. The van der Waals surface area contributed by atoms with Gasteiger partial charge in [-0.3, -0.25) is 4.98 Å². The molecule has 114 valence electrons. The number of aromatic nitrogens is 1. The number of hydrogen-bond donors (Lipinski definition) is 0. The number of rotatable bonds is 3. The third-order valence-electron chi connectivity index (χ3n) is 4.15. The second-order valence-electron chi connectivity index (χ2n) is 5.74. The van der Waals surface area contributed by atoms with Gasteiger partial charge in [0.05, 0.1) is 5.69 Å². The molecule has 0 radical (unpaired) electrons. The summed E-state index contributed by atoms with van der Waals surface area (Å²) in [7, 11) is 0. The maximum absolute atomic E-state index is 4.50. The smallest absolute Gasteiger partial charge is 0.0708 e. The van der Waals surface area contributed by atoms with Crippen LogP contribution in [0, 0.1) is 0 Å².